The molecule has 0 N–H and O–H groups in total. The summed E-state index contributed by atoms with van der Waals surface area (Å²) in [5, 5.41) is 0. The quantitative estimate of drug-likeness (QED) is 0.734. The lowest BCUT2D eigenvalue weighted by molar-refractivity contribution is 0.112. The van der Waals surface area contributed by atoms with Crippen molar-refractivity contribution in [2.45, 2.75) is 20.8 Å². The summed E-state index contributed by atoms with van der Waals surface area (Å²) in [6.45, 7) is 7.05. The van der Waals surface area contributed by atoms with Crippen molar-refractivity contribution in [3.05, 3.63) is 29.6 Å². The molecule has 0 bridgehead atoms. The first-order valence-corrected chi connectivity index (χ1v) is 5.29. The number of carbonyl (C=O) groups excluding carboxylic acids is 1. The van der Waals surface area contributed by atoms with Crippen molar-refractivity contribution in [2.24, 2.45) is 5.41 Å². The molecule has 0 fully saturated rings. The number of carbonyl (C=O) groups is 1. The number of rotatable bonds is 3. The normalized spacial score (nSPS) is 11.3. The number of anilines is 1. The fourth-order valence-electron chi connectivity index (χ4n) is 1.70. The fourth-order valence-corrected chi connectivity index (χ4v) is 1.70. The molecule has 1 rings (SSSR count). The van der Waals surface area contributed by atoms with E-state index in [9.17, 15) is 9.18 Å². The number of hydrogen-bond donors (Lipinski definition) is 0. The first-order chi connectivity index (χ1) is 7.33. The molecule has 0 aliphatic carbocycles. The van der Waals surface area contributed by atoms with Gasteiger partial charge in [-0.1, -0.05) is 20.8 Å². The first-order valence-electron chi connectivity index (χ1n) is 5.29. The molecule has 88 valence electrons. The second kappa shape index (κ2) is 4.64. The summed E-state index contributed by atoms with van der Waals surface area (Å²) in [6, 6.07) is 4.54. The van der Waals surface area contributed by atoms with Gasteiger partial charge in [0.05, 0.1) is 5.69 Å². The van der Waals surface area contributed by atoms with Gasteiger partial charge >= 0.3 is 0 Å². The summed E-state index contributed by atoms with van der Waals surface area (Å²) in [6.07, 6.45) is 0.649. The van der Waals surface area contributed by atoms with Gasteiger partial charge in [-0.3, -0.25) is 4.79 Å². The Balaban J connectivity index is 2.92. The Morgan fingerprint density at radius 2 is 2.00 bits per heavy atom. The van der Waals surface area contributed by atoms with Gasteiger partial charge in [0, 0.05) is 19.2 Å². The number of benzene rings is 1. The van der Waals surface area contributed by atoms with Gasteiger partial charge in [0.2, 0.25) is 0 Å². The van der Waals surface area contributed by atoms with Crippen LogP contribution in [-0.2, 0) is 0 Å². The predicted octanol–water partition coefficient (Wildman–Crippen LogP) is 3.12. The summed E-state index contributed by atoms with van der Waals surface area (Å²) in [5.74, 6) is -0.351. The molecule has 1 aromatic rings. The minimum Gasteiger partial charge on any atom is -0.372 e. The zero-order valence-electron chi connectivity index (χ0n) is 10.2. The SMILES string of the molecule is CN(CC(C)(C)C)c1ccc(C=O)cc1F. The van der Waals surface area contributed by atoms with Crippen LogP contribution in [0, 0.1) is 11.2 Å². The summed E-state index contributed by atoms with van der Waals surface area (Å²) >= 11 is 0. The fraction of sp³-hybridized carbons (Fsp3) is 0.462. The maximum Gasteiger partial charge on any atom is 0.150 e. The van der Waals surface area contributed by atoms with E-state index in [1.807, 2.05) is 11.9 Å². The van der Waals surface area contributed by atoms with Crippen LogP contribution in [0.25, 0.3) is 0 Å². The lowest BCUT2D eigenvalue weighted by Gasteiger charge is -2.28. The van der Waals surface area contributed by atoms with Crippen molar-refractivity contribution >= 4 is 12.0 Å². The van der Waals surface area contributed by atoms with Gasteiger partial charge in [-0.15, -0.1) is 0 Å². The van der Waals surface area contributed by atoms with E-state index in [1.165, 1.54) is 6.07 Å². The van der Waals surface area contributed by atoms with E-state index >= 15 is 0 Å². The molecule has 0 saturated carbocycles. The van der Waals surface area contributed by atoms with Crippen LogP contribution in [0.3, 0.4) is 0 Å². The van der Waals surface area contributed by atoms with Gasteiger partial charge in [-0.2, -0.15) is 0 Å². The number of nitrogens with zero attached hydrogens (tertiary/aromatic N) is 1. The molecule has 0 amide bonds. The molecule has 0 spiro atoms. The molecule has 0 aromatic heterocycles. The van der Waals surface area contributed by atoms with E-state index in [0.29, 0.717) is 17.5 Å². The van der Waals surface area contributed by atoms with Crippen molar-refractivity contribution in [3.63, 3.8) is 0 Å². The Morgan fingerprint density at radius 3 is 2.44 bits per heavy atom. The smallest absolute Gasteiger partial charge is 0.150 e. The molecule has 0 heterocycles. The Labute approximate surface area is 96.1 Å². The van der Waals surface area contributed by atoms with Gasteiger partial charge in [-0.25, -0.2) is 4.39 Å². The number of aldehydes is 1. The van der Waals surface area contributed by atoms with E-state index in [1.54, 1.807) is 12.1 Å². The van der Waals surface area contributed by atoms with Gasteiger partial charge in [0.15, 0.2) is 0 Å². The Hall–Kier alpha value is -1.38. The monoisotopic (exact) mass is 223 g/mol. The highest BCUT2D eigenvalue weighted by Gasteiger charge is 2.16. The zero-order chi connectivity index (χ0) is 12.3. The lowest BCUT2D eigenvalue weighted by Crippen LogP contribution is -2.29. The third-order valence-electron chi connectivity index (χ3n) is 2.23. The average Bonchev–Trinajstić information content (AvgIpc) is 2.14. The van der Waals surface area contributed by atoms with Gasteiger partial charge in [0.1, 0.15) is 12.1 Å². The van der Waals surface area contributed by atoms with Gasteiger partial charge < -0.3 is 4.90 Å². The minimum absolute atomic E-state index is 0.102. The van der Waals surface area contributed by atoms with Crippen molar-refractivity contribution < 1.29 is 9.18 Å². The number of halogens is 1. The molecule has 0 unspecified atom stereocenters. The molecule has 0 aliphatic rings. The molecule has 16 heavy (non-hydrogen) atoms. The summed E-state index contributed by atoms with van der Waals surface area (Å²) in [5.41, 5.74) is 0.996. The van der Waals surface area contributed by atoms with Crippen molar-refractivity contribution in [1.82, 2.24) is 0 Å². The molecule has 0 radical (unpaired) electrons. The Morgan fingerprint density at radius 1 is 1.38 bits per heavy atom. The predicted molar refractivity (Wildman–Crippen MR) is 64.5 cm³/mol. The van der Waals surface area contributed by atoms with Crippen molar-refractivity contribution in [2.75, 3.05) is 18.5 Å². The van der Waals surface area contributed by atoms with Crippen molar-refractivity contribution in [1.29, 1.82) is 0 Å². The second-order valence-electron chi connectivity index (χ2n) is 5.25. The van der Waals surface area contributed by atoms with Crippen LogP contribution in [0.1, 0.15) is 31.1 Å². The molecule has 1 aromatic carbocycles. The Bertz CT molecular complexity index is 382. The average molecular weight is 223 g/mol. The van der Waals surface area contributed by atoms with E-state index < -0.39 is 0 Å². The molecule has 3 heteroatoms. The maximum atomic E-state index is 13.7. The van der Waals surface area contributed by atoms with Crippen LogP contribution in [0.2, 0.25) is 0 Å². The molecule has 0 atom stereocenters. The van der Waals surface area contributed by atoms with Crippen LogP contribution < -0.4 is 4.90 Å². The van der Waals surface area contributed by atoms with Crippen LogP contribution in [-0.4, -0.2) is 19.9 Å². The third kappa shape index (κ3) is 3.33. The molecule has 2 nitrogen and oxygen atoms in total. The van der Waals surface area contributed by atoms with Crippen LogP contribution in [0.15, 0.2) is 18.2 Å². The third-order valence-corrected chi connectivity index (χ3v) is 2.23. The molecular formula is C13H18FNO. The van der Waals surface area contributed by atoms with E-state index in [2.05, 4.69) is 20.8 Å². The summed E-state index contributed by atoms with van der Waals surface area (Å²) in [4.78, 5) is 12.4. The van der Waals surface area contributed by atoms with Crippen LogP contribution in [0.5, 0.6) is 0 Å². The molecule has 0 saturated heterocycles. The highest BCUT2D eigenvalue weighted by atomic mass is 19.1. The maximum absolute atomic E-state index is 13.7. The van der Waals surface area contributed by atoms with Crippen molar-refractivity contribution in [3.8, 4) is 0 Å². The van der Waals surface area contributed by atoms with E-state index in [0.717, 1.165) is 6.54 Å². The highest BCUT2D eigenvalue weighted by molar-refractivity contribution is 5.75. The lowest BCUT2D eigenvalue weighted by atomic mass is 9.96. The standard InChI is InChI=1S/C13H18FNO/c1-13(2,3)9-15(4)12-6-5-10(8-16)7-11(12)14/h5-8H,9H2,1-4H3. The van der Waals surface area contributed by atoms with E-state index in [4.69, 9.17) is 0 Å². The topological polar surface area (TPSA) is 20.3 Å². The summed E-state index contributed by atoms with van der Waals surface area (Å²) < 4.78 is 13.7. The highest BCUT2D eigenvalue weighted by Crippen LogP contribution is 2.23. The van der Waals surface area contributed by atoms with E-state index in [-0.39, 0.29) is 11.2 Å². The Kier molecular flexibility index (Phi) is 3.68. The largest absolute Gasteiger partial charge is 0.372 e. The zero-order valence-corrected chi connectivity index (χ0v) is 10.2. The number of hydrogen-bond acceptors (Lipinski definition) is 2. The molecule has 0 aliphatic heterocycles. The summed E-state index contributed by atoms with van der Waals surface area (Å²) in [7, 11) is 1.85. The van der Waals surface area contributed by atoms with Gasteiger partial charge in [0.25, 0.3) is 0 Å². The van der Waals surface area contributed by atoms with Crippen LogP contribution >= 0.6 is 0 Å². The first kappa shape index (κ1) is 12.7. The second-order valence-corrected chi connectivity index (χ2v) is 5.25. The van der Waals surface area contributed by atoms with Gasteiger partial charge in [-0.05, 0) is 23.6 Å². The minimum atomic E-state index is -0.351. The molecular weight excluding hydrogens is 205 g/mol. The van der Waals surface area contributed by atoms with Crippen LogP contribution in [0.4, 0.5) is 10.1 Å².